The molecule has 0 saturated heterocycles. The number of phenols is 1. The lowest BCUT2D eigenvalue weighted by Crippen LogP contribution is -2.25. The Kier molecular flexibility index (Phi) is 7.22. The number of halogens is 1. The van der Waals surface area contributed by atoms with Crippen LogP contribution in [0.1, 0.15) is 82.6 Å². The van der Waals surface area contributed by atoms with Gasteiger partial charge >= 0.3 is 0 Å². The van der Waals surface area contributed by atoms with E-state index >= 15 is 0 Å². The molecule has 2 fully saturated rings. The van der Waals surface area contributed by atoms with Gasteiger partial charge in [-0.25, -0.2) is 4.39 Å². The van der Waals surface area contributed by atoms with Gasteiger partial charge in [0.05, 0.1) is 0 Å². The summed E-state index contributed by atoms with van der Waals surface area (Å²) in [5.74, 6) is 3.87. The topological polar surface area (TPSA) is 29.5 Å². The minimum absolute atomic E-state index is 0.0148. The molecule has 3 heteroatoms. The number of rotatable bonds is 7. The summed E-state index contributed by atoms with van der Waals surface area (Å²) >= 11 is 0. The highest BCUT2D eigenvalue weighted by Crippen LogP contribution is 2.47. The van der Waals surface area contributed by atoms with Crippen LogP contribution in [0.15, 0.2) is 18.2 Å². The lowest BCUT2D eigenvalue weighted by atomic mass is 9.68. The van der Waals surface area contributed by atoms with Crippen molar-refractivity contribution in [2.45, 2.75) is 77.0 Å². The van der Waals surface area contributed by atoms with Crippen LogP contribution >= 0.6 is 0 Å². The van der Waals surface area contributed by atoms with Crippen molar-refractivity contribution < 1.29 is 14.2 Å². The minimum atomic E-state index is -0.527. The van der Waals surface area contributed by atoms with Crippen LogP contribution in [0.3, 0.4) is 0 Å². The molecule has 0 amide bonds. The summed E-state index contributed by atoms with van der Waals surface area (Å²) in [5, 5.41) is 10.1. The molecule has 2 aliphatic carbocycles. The summed E-state index contributed by atoms with van der Waals surface area (Å²) in [4.78, 5) is 0. The Bertz CT molecular complexity index is 543. The molecule has 0 radical (unpaired) electrons. The van der Waals surface area contributed by atoms with E-state index in [2.05, 4.69) is 6.92 Å². The van der Waals surface area contributed by atoms with Gasteiger partial charge < -0.3 is 9.84 Å². The van der Waals surface area contributed by atoms with E-state index in [4.69, 9.17) is 4.74 Å². The number of hydrogen-bond donors (Lipinski definition) is 1. The third kappa shape index (κ3) is 4.72. The molecule has 1 aromatic carbocycles. The monoisotopic (exact) mass is 362 g/mol. The predicted molar refractivity (Wildman–Crippen MR) is 105 cm³/mol. The van der Waals surface area contributed by atoms with E-state index < -0.39 is 6.67 Å². The number of phenolic OH excluding ortho intramolecular Hbond substituents is 1. The van der Waals surface area contributed by atoms with Crippen LogP contribution < -0.4 is 4.74 Å². The molecule has 0 bridgehead atoms. The molecule has 0 aliphatic heterocycles. The first-order valence-corrected chi connectivity index (χ1v) is 10.7. The molecule has 0 atom stereocenters. The first kappa shape index (κ1) is 19.5. The molecule has 3 rings (SSSR count). The highest BCUT2D eigenvalue weighted by atomic mass is 19.1. The zero-order valence-corrected chi connectivity index (χ0v) is 16.3. The van der Waals surface area contributed by atoms with E-state index in [1.807, 2.05) is 12.1 Å². The van der Waals surface area contributed by atoms with Gasteiger partial charge in [-0.15, -0.1) is 0 Å². The summed E-state index contributed by atoms with van der Waals surface area (Å²) in [7, 11) is 0. The van der Waals surface area contributed by atoms with Crippen molar-refractivity contribution in [2.24, 2.45) is 17.8 Å². The van der Waals surface area contributed by atoms with Gasteiger partial charge in [0.25, 0.3) is 0 Å². The first-order valence-electron chi connectivity index (χ1n) is 10.7. The molecule has 0 unspecified atom stereocenters. The van der Waals surface area contributed by atoms with Crippen LogP contribution in [0.5, 0.6) is 11.5 Å². The highest BCUT2D eigenvalue weighted by Gasteiger charge is 2.32. The van der Waals surface area contributed by atoms with Crippen LogP contribution in [-0.4, -0.2) is 18.4 Å². The van der Waals surface area contributed by atoms with Crippen LogP contribution in [-0.2, 0) is 0 Å². The Morgan fingerprint density at radius 2 is 1.65 bits per heavy atom. The van der Waals surface area contributed by atoms with E-state index in [0.717, 1.165) is 36.2 Å². The largest absolute Gasteiger partial charge is 0.504 e. The number of benzene rings is 1. The van der Waals surface area contributed by atoms with Crippen LogP contribution in [0.2, 0.25) is 0 Å². The second-order valence-electron chi connectivity index (χ2n) is 8.41. The molecule has 0 heterocycles. The van der Waals surface area contributed by atoms with E-state index in [9.17, 15) is 9.50 Å². The van der Waals surface area contributed by atoms with Gasteiger partial charge in [0, 0.05) is 5.56 Å². The molecule has 0 aromatic heterocycles. The fourth-order valence-electron chi connectivity index (χ4n) is 5.42. The number of hydrogen-bond acceptors (Lipinski definition) is 2. The molecular formula is C23H35FO2. The second kappa shape index (κ2) is 9.62. The predicted octanol–water partition coefficient (Wildman–Crippen LogP) is 6.62. The molecule has 26 heavy (non-hydrogen) atoms. The molecule has 1 aromatic rings. The summed E-state index contributed by atoms with van der Waals surface area (Å²) in [6.45, 7) is 1.79. The van der Waals surface area contributed by atoms with E-state index in [1.165, 1.54) is 51.4 Å². The Labute approximate surface area is 158 Å². The Morgan fingerprint density at radius 1 is 1.00 bits per heavy atom. The highest BCUT2D eigenvalue weighted by molar-refractivity contribution is 5.47. The number of para-hydroxylation sites is 1. The smallest absolute Gasteiger partial charge is 0.164 e. The van der Waals surface area contributed by atoms with Crippen molar-refractivity contribution in [3.63, 3.8) is 0 Å². The molecule has 2 saturated carbocycles. The van der Waals surface area contributed by atoms with Gasteiger partial charge in [-0.05, 0) is 68.3 Å². The van der Waals surface area contributed by atoms with Crippen LogP contribution in [0.25, 0.3) is 0 Å². The zero-order valence-electron chi connectivity index (χ0n) is 16.3. The lowest BCUT2D eigenvalue weighted by Gasteiger charge is -2.38. The summed E-state index contributed by atoms with van der Waals surface area (Å²) in [6, 6.07) is 5.57. The fraction of sp³-hybridized carbons (Fsp3) is 0.739. The molecule has 1 N–H and O–H groups in total. The lowest BCUT2D eigenvalue weighted by molar-refractivity contribution is 0.155. The van der Waals surface area contributed by atoms with Gasteiger partial charge in [-0.2, -0.15) is 0 Å². The number of alkyl halides is 1. The van der Waals surface area contributed by atoms with E-state index in [-0.39, 0.29) is 12.4 Å². The molecule has 0 spiro atoms. The van der Waals surface area contributed by atoms with Crippen molar-refractivity contribution in [1.82, 2.24) is 0 Å². The minimum Gasteiger partial charge on any atom is -0.504 e. The number of ether oxygens (including phenoxy) is 1. The van der Waals surface area contributed by atoms with Crippen molar-refractivity contribution >= 4 is 0 Å². The average molecular weight is 363 g/mol. The maximum atomic E-state index is 12.5. The summed E-state index contributed by atoms with van der Waals surface area (Å²) in [5.41, 5.74) is 1.07. The average Bonchev–Trinajstić information content (AvgIpc) is 2.68. The SMILES string of the molecule is CCCC1CCC(C2CCC(c3cccc(O)c3OCCF)CC2)CC1. The van der Waals surface area contributed by atoms with Gasteiger partial charge in [0.2, 0.25) is 0 Å². The van der Waals surface area contributed by atoms with Crippen molar-refractivity contribution in [1.29, 1.82) is 0 Å². The third-order valence-electron chi connectivity index (χ3n) is 6.81. The first-order chi connectivity index (χ1) is 12.7. The van der Waals surface area contributed by atoms with Gasteiger partial charge in [-0.1, -0.05) is 44.7 Å². The van der Waals surface area contributed by atoms with Crippen LogP contribution in [0.4, 0.5) is 4.39 Å². The quantitative estimate of drug-likeness (QED) is 0.590. The Morgan fingerprint density at radius 3 is 2.27 bits per heavy atom. The molecular weight excluding hydrogens is 327 g/mol. The Balaban J connectivity index is 1.55. The number of aromatic hydroxyl groups is 1. The maximum Gasteiger partial charge on any atom is 0.164 e. The van der Waals surface area contributed by atoms with E-state index in [0.29, 0.717) is 11.7 Å². The summed E-state index contributed by atoms with van der Waals surface area (Å²) in [6.07, 6.45) is 13.4. The van der Waals surface area contributed by atoms with Crippen molar-refractivity contribution in [3.8, 4) is 11.5 Å². The molecule has 146 valence electrons. The Hall–Kier alpha value is -1.25. The normalized spacial score (nSPS) is 29.5. The second-order valence-corrected chi connectivity index (χ2v) is 8.41. The van der Waals surface area contributed by atoms with Gasteiger partial charge in [-0.3, -0.25) is 0 Å². The standard InChI is InChI=1S/C23H35FO2/c1-2-4-17-7-9-18(10-8-17)19-11-13-20(14-12-19)21-5-3-6-22(25)23(21)26-16-15-24/h3,5-6,17-20,25H,2,4,7-16H2,1H3. The van der Waals surface area contributed by atoms with E-state index in [1.54, 1.807) is 6.07 Å². The van der Waals surface area contributed by atoms with Crippen molar-refractivity contribution in [3.05, 3.63) is 23.8 Å². The van der Waals surface area contributed by atoms with Gasteiger partial charge in [0.1, 0.15) is 13.3 Å². The molecule has 2 aliphatic rings. The van der Waals surface area contributed by atoms with Crippen molar-refractivity contribution in [2.75, 3.05) is 13.3 Å². The summed E-state index contributed by atoms with van der Waals surface area (Å²) < 4.78 is 18.0. The fourth-order valence-corrected chi connectivity index (χ4v) is 5.42. The van der Waals surface area contributed by atoms with Gasteiger partial charge in [0.15, 0.2) is 11.5 Å². The third-order valence-corrected chi connectivity index (χ3v) is 6.81. The zero-order chi connectivity index (χ0) is 18.4. The van der Waals surface area contributed by atoms with Crippen LogP contribution in [0, 0.1) is 17.8 Å². The molecule has 2 nitrogen and oxygen atoms in total. The maximum absolute atomic E-state index is 12.5.